The third-order valence-corrected chi connectivity index (χ3v) is 7.12. The van der Waals surface area contributed by atoms with Gasteiger partial charge in [0.05, 0.1) is 28.0 Å². The molecular weight excluding hydrogens is 420 g/mol. The molecule has 5 rings (SSSR count). The zero-order valence-corrected chi connectivity index (χ0v) is 18.8. The van der Waals surface area contributed by atoms with E-state index in [1.54, 1.807) is 24.6 Å². The van der Waals surface area contributed by atoms with E-state index in [4.69, 9.17) is 4.74 Å². The number of nitrogens with one attached hydrogen (secondary N) is 1. The van der Waals surface area contributed by atoms with E-state index in [1.807, 2.05) is 34.5 Å². The van der Waals surface area contributed by atoms with Gasteiger partial charge in [0.1, 0.15) is 5.69 Å². The second kappa shape index (κ2) is 9.22. The number of carbonyl (C=O) groups is 1. The van der Waals surface area contributed by atoms with Gasteiger partial charge >= 0.3 is 0 Å². The molecule has 0 unspecified atom stereocenters. The van der Waals surface area contributed by atoms with Crippen molar-refractivity contribution in [3.8, 4) is 5.69 Å². The lowest BCUT2D eigenvalue weighted by Crippen LogP contribution is -2.46. The normalized spacial score (nSPS) is 18.7. The fourth-order valence-corrected chi connectivity index (χ4v) is 5.32. The molecule has 7 heteroatoms. The van der Waals surface area contributed by atoms with E-state index < -0.39 is 0 Å². The third-order valence-electron chi connectivity index (χ3n) is 6.14. The summed E-state index contributed by atoms with van der Waals surface area (Å²) in [6.07, 6.45) is 8.70. The van der Waals surface area contributed by atoms with Crippen molar-refractivity contribution in [2.24, 2.45) is 0 Å². The predicted molar refractivity (Wildman–Crippen MR) is 127 cm³/mol. The van der Waals surface area contributed by atoms with Gasteiger partial charge in [0.15, 0.2) is 0 Å². The Hall–Kier alpha value is -3.03. The number of aromatic nitrogens is 3. The summed E-state index contributed by atoms with van der Waals surface area (Å²) in [6.45, 7) is 0. The summed E-state index contributed by atoms with van der Waals surface area (Å²) in [5.74, 6) is -0.123. The number of rotatable bonds is 6. The number of thiophene rings is 1. The maximum absolute atomic E-state index is 13.1. The minimum absolute atomic E-state index is 0.0412. The monoisotopic (exact) mass is 446 g/mol. The minimum atomic E-state index is -0.123. The van der Waals surface area contributed by atoms with E-state index in [-0.39, 0.29) is 18.1 Å². The highest BCUT2D eigenvalue weighted by molar-refractivity contribution is 7.17. The van der Waals surface area contributed by atoms with Gasteiger partial charge in [0.25, 0.3) is 5.91 Å². The van der Waals surface area contributed by atoms with Crippen molar-refractivity contribution in [1.29, 1.82) is 0 Å². The maximum atomic E-state index is 13.1. The second-order valence-electron chi connectivity index (χ2n) is 8.23. The van der Waals surface area contributed by atoms with Crippen molar-refractivity contribution < 1.29 is 9.53 Å². The Morgan fingerprint density at radius 1 is 1.22 bits per heavy atom. The first-order valence-corrected chi connectivity index (χ1v) is 11.9. The molecule has 1 aliphatic carbocycles. The Morgan fingerprint density at radius 3 is 2.84 bits per heavy atom. The smallest absolute Gasteiger partial charge is 0.270 e. The van der Waals surface area contributed by atoms with E-state index in [2.05, 4.69) is 39.7 Å². The van der Waals surface area contributed by atoms with Gasteiger partial charge in [0.2, 0.25) is 0 Å². The van der Waals surface area contributed by atoms with Gasteiger partial charge in [-0.05, 0) is 66.1 Å². The molecule has 0 radical (unpaired) electrons. The summed E-state index contributed by atoms with van der Waals surface area (Å²) < 4.78 is 8.57. The fraction of sp³-hybridized carbons (Fsp3) is 0.320. The largest absolute Gasteiger partial charge is 0.379 e. The first kappa shape index (κ1) is 20.8. The zero-order chi connectivity index (χ0) is 21.9. The summed E-state index contributed by atoms with van der Waals surface area (Å²) in [5, 5.41) is 9.49. The molecule has 1 N–H and O–H groups in total. The summed E-state index contributed by atoms with van der Waals surface area (Å²) in [4.78, 5) is 17.7. The molecule has 0 saturated heterocycles. The van der Waals surface area contributed by atoms with Gasteiger partial charge in [0, 0.05) is 19.5 Å². The number of benzene rings is 1. The van der Waals surface area contributed by atoms with E-state index >= 15 is 0 Å². The molecule has 0 aliphatic heterocycles. The Morgan fingerprint density at radius 2 is 2.06 bits per heavy atom. The van der Waals surface area contributed by atoms with Crippen molar-refractivity contribution >= 4 is 27.5 Å². The standard InChI is InChI=1S/C25H26N4O2S/c1-31-23-6-3-2-5-20(23)28-25(30)22-16-18(24-21(27-22)11-14-32-24)15-17-7-9-19(10-8-17)29-13-4-12-26-29/h4,7-14,16,20,23H,2-3,5-6,15H2,1H3,(H,28,30)/t20-,23-/m1/s1. The number of fused-ring (bicyclic) bond motifs is 1. The molecule has 1 aromatic carbocycles. The van der Waals surface area contributed by atoms with E-state index in [1.165, 1.54) is 5.56 Å². The van der Waals surface area contributed by atoms with Crippen LogP contribution in [0.2, 0.25) is 0 Å². The lowest BCUT2D eigenvalue weighted by Gasteiger charge is -2.30. The van der Waals surface area contributed by atoms with Crippen molar-refractivity contribution in [1.82, 2.24) is 20.1 Å². The van der Waals surface area contributed by atoms with Crippen molar-refractivity contribution in [3.63, 3.8) is 0 Å². The Kier molecular flexibility index (Phi) is 6.01. The highest BCUT2D eigenvalue weighted by Crippen LogP contribution is 2.27. The number of carbonyl (C=O) groups excluding carboxylic acids is 1. The summed E-state index contributed by atoms with van der Waals surface area (Å²) in [6, 6.07) is 14.2. The maximum Gasteiger partial charge on any atom is 0.270 e. The molecule has 2 atom stereocenters. The molecule has 6 nitrogen and oxygen atoms in total. The quantitative estimate of drug-likeness (QED) is 0.464. The van der Waals surface area contributed by atoms with Crippen LogP contribution in [0.3, 0.4) is 0 Å². The van der Waals surface area contributed by atoms with Crippen molar-refractivity contribution in [2.75, 3.05) is 7.11 Å². The second-order valence-corrected chi connectivity index (χ2v) is 9.15. The van der Waals surface area contributed by atoms with Crippen LogP contribution in [0.5, 0.6) is 0 Å². The van der Waals surface area contributed by atoms with E-state index in [0.717, 1.165) is 53.6 Å². The summed E-state index contributed by atoms with van der Waals surface area (Å²) >= 11 is 1.67. The Bertz CT molecular complexity index is 1200. The first-order valence-electron chi connectivity index (χ1n) is 11.0. The van der Waals surface area contributed by atoms with Crippen molar-refractivity contribution in [2.45, 2.75) is 44.2 Å². The van der Waals surface area contributed by atoms with Crippen LogP contribution in [0.4, 0.5) is 0 Å². The molecule has 164 valence electrons. The van der Waals surface area contributed by atoms with Crippen molar-refractivity contribution in [3.05, 3.63) is 77.1 Å². The van der Waals surface area contributed by atoms with E-state index in [9.17, 15) is 4.79 Å². The fourth-order valence-electron chi connectivity index (χ4n) is 4.47. The van der Waals surface area contributed by atoms with Gasteiger partial charge in [-0.25, -0.2) is 9.67 Å². The highest BCUT2D eigenvalue weighted by atomic mass is 32.1. The lowest BCUT2D eigenvalue weighted by atomic mass is 9.92. The lowest BCUT2D eigenvalue weighted by molar-refractivity contribution is 0.0391. The SMILES string of the molecule is CO[C@@H]1CCCC[C@H]1NC(=O)c1cc(Cc2ccc(-n3cccn3)cc2)c2sccc2n1. The highest BCUT2D eigenvalue weighted by Gasteiger charge is 2.27. The Balaban J connectivity index is 1.39. The van der Waals surface area contributed by atoms with Crippen LogP contribution < -0.4 is 5.32 Å². The van der Waals surface area contributed by atoms with Gasteiger partial charge < -0.3 is 10.1 Å². The molecule has 4 aromatic rings. The molecule has 32 heavy (non-hydrogen) atoms. The van der Waals surface area contributed by atoms with Crippen LogP contribution in [-0.2, 0) is 11.2 Å². The van der Waals surface area contributed by atoms with E-state index in [0.29, 0.717) is 5.69 Å². The minimum Gasteiger partial charge on any atom is -0.379 e. The number of methoxy groups -OCH3 is 1. The molecule has 0 bridgehead atoms. The van der Waals surface area contributed by atoms with Crippen LogP contribution in [0.25, 0.3) is 15.9 Å². The number of amides is 1. The molecule has 1 fully saturated rings. The number of nitrogens with zero attached hydrogens (tertiary/aromatic N) is 3. The van der Waals surface area contributed by atoms with Gasteiger partial charge in [-0.3, -0.25) is 4.79 Å². The average molecular weight is 447 g/mol. The zero-order valence-electron chi connectivity index (χ0n) is 18.0. The molecular formula is C25H26N4O2S. The first-order chi connectivity index (χ1) is 15.7. The number of pyridine rings is 1. The summed E-state index contributed by atoms with van der Waals surface area (Å²) in [7, 11) is 1.72. The molecule has 3 aromatic heterocycles. The average Bonchev–Trinajstić information content (AvgIpc) is 3.52. The van der Waals surface area contributed by atoms with Gasteiger partial charge in [-0.15, -0.1) is 11.3 Å². The van der Waals surface area contributed by atoms with Crippen LogP contribution in [0.1, 0.15) is 47.3 Å². The molecule has 1 aliphatic rings. The van der Waals surface area contributed by atoms with Crippen LogP contribution in [-0.4, -0.2) is 39.9 Å². The predicted octanol–water partition coefficient (Wildman–Crippen LogP) is 4.76. The molecule has 3 heterocycles. The number of ether oxygens (including phenoxy) is 1. The molecule has 1 amide bonds. The van der Waals surface area contributed by atoms with Gasteiger partial charge in [-0.1, -0.05) is 25.0 Å². The topological polar surface area (TPSA) is 69.0 Å². The number of hydrogen-bond donors (Lipinski definition) is 1. The molecule has 1 saturated carbocycles. The van der Waals surface area contributed by atoms with Crippen LogP contribution in [0, 0.1) is 0 Å². The van der Waals surface area contributed by atoms with Gasteiger partial charge in [-0.2, -0.15) is 5.10 Å². The Labute approximate surface area is 191 Å². The third kappa shape index (κ3) is 4.31. The molecule has 0 spiro atoms. The van der Waals surface area contributed by atoms with Crippen LogP contribution >= 0.6 is 11.3 Å². The summed E-state index contributed by atoms with van der Waals surface area (Å²) in [5.41, 5.74) is 4.67. The van der Waals surface area contributed by atoms with Crippen LogP contribution in [0.15, 0.2) is 60.2 Å². The number of hydrogen-bond acceptors (Lipinski definition) is 5.